The fraction of sp³-hybridized carbons (Fsp3) is 0.364. The number of aromatic nitrogens is 4. The molecule has 0 aliphatic heterocycles. The predicted molar refractivity (Wildman–Crippen MR) is 70.9 cm³/mol. The molecule has 0 radical (unpaired) electrons. The molecule has 0 saturated carbocycles. The lowest BCUT2D eigenvalue weighted by Gasteiger charge is -2.07. The van der Waals surface area contributed by atoms with Gasteiger partial charge in [-0.25, -0.2) is 0 Å². The lowest BCUT2D eigenvalue weighted by atomic mass is 10.2. The summed E-state index contributed by atoms with van der Waals surface area (Å²) >= 11 is 1.48. The number of rotatable bonds is 6. The average Bonchev–Trinajstić information content (AvgIpc) is 3.05. The summed E-state index contributed by atoms with van der Waals surface area (Å²) < 4.78 is 0. The van der Waals surface area contributed by atoms with E-state index in [1.807, 2.05) is 17.5 Å². The molecule has 8 nitrogen and oxygen atoms in total. The molecule has 0 aliphatic rings. The van der Waals surface area contributed by atoms with Gasteiger partial charge in [-0.05, 0) is 16.7 Å². The van der Waals surface area contributed by atoms with E-state index in [9.17, 15) is 9.59 Å². The maximum atomic E-state index is 11.6. The standard InChI is InChI=1S/C11H13N5O3S/c1-7(11(18)19)5-12-9(17)6-16-14-10(13-15-16)8-3-2-4-20-8/h2-4,7H,5-6H2,1H3,(H,12,17)(H,18,19). The van der Waals surface area contributed by atoms with Crippen molar-refractivity contribution in [1.82, 2.24) is 25.5 Å². The number of hydrogen-bond donors (Lipinski definition) is 2. The van der Waals surface area contributed by atoms with Crippen molar-refractivity contribution in [2.45, 2.75) is 13.5 Å². The quantitative estimate of drug-likeness (QED) is 0.790. The van der Waals surface area contributed by atoms with Crippen LogP contribution in [-0.4, -0.2) is 43.7 Å². The highest BCUT2D eigenvalue weighted by Crippen LogP contribution is 2.19. The SMILES string of the molecule is CC(CNC(=O)Cn1nnc(-c2cccs2)n1)C(=O)O. The Labute approximate surface area is 118 Å². The molecule has 1 atom stereocenters. The molecule has 2 N–H and O–H groups in total. The first-order valence-corrected chi connectivity index (χ1v) is 6.75. The third-order valence-corrected chi connectivity index (χ3v) is 3.37. The van der Waals surface area contributed by atoms with Crippen molar-refractivity contribution in [3.05, 3.63) is 17.5 Å². The van der Waals surface area contributed by atoms with Crippen molar-refractivity contribution in [2.24, 2.45) is 5.92 Å². The van der Waals surface area contributed by atoms with Crippen LogP contribution in [0.3, 0.4) is 0 Å². The number of thiophene rings is 1. The fourth-order valence-corrected chi connectivity index (χ4v) is 2.00. The van der Waals surface area contributed by atoms with Crippen LogP contribution < -0.4 is 5.32 Å². The Bertz CT molecular complexity index is 595. The van der Waals surface area contributed by atoms with Crippen molar-refractivity contribution in [1.29, 1.82) is 0 Å². The Morgan fingerprint density at radius 1 is 1.55 bits per heavy atom. The lowest BCUT2D eigenvalue weighted by Crippen LogP contribution is -2.34. The summed E-state index contributed by atoms with van der Waals surface area (Å²) in [6.07, 6.45) is 0. The summed E-state index contributed by atoms with van der Waals surface area (Å²) in [4.78, 5) is 24.3. The van der Waals surface area contributed by atoms with Gasteiger partial charge in [0.2, 0.25) is 11.7 Å². The maximum Gasteiger partial charge on any atom is 0.308 e. The molecular weight excluding hydrogens is 282 g/mol. The number of tetrazole rings is 1. The van der Waals surface area contributed by atoms with Crippen LogP contribution in [0.5, 0.6) is 0 Å². The summed E-state index contributed by atoms with van der Waals surface area (Å²) in [5, 5.41) is 24.8. The highest BCUT2D eigenvalue weighted by atomic mass is 32.1. The normalized spacial score (nSPS) is 12.1. The number of carboxylic acid groups (broad SMARTS) is 1. The van der Waals surface area contributed by atoms with Crippen LogP contribution in [0.1, 0.15) is 6.92 Å². The molecule has 1 unspecified atom stereocenters. The molecule has 0 saturated heterocycles. The molecule has 0 aliphatic carbocycles. The Balaban J connectivity index is 1.87. The largest absolute Gasteiger partial charge is 0.481 e. The Morgan fingerprint density at radius 3 is 3.00 bits per heavy atom. The van der Waals surface area contributed by atoms with Gasteiger partial charge < -0.3 is 10.4 Å². The predicted octanol–water partition coefficient (Wildman–Crippen LogP) is 0.238. The second-order valence-electron chi connectivity index (χ2n) is 4.16. The van der Waals surface area contributed by atoms with E-state index in [1.54, 1.807) is 0 Å². The first kappa shape index (κ1) is 14.1. The molecule has 0 aromatic carbocycles. The van der Waals surface area contributed by atoms with Gasteiger partial charge in [0, 0.05) is 6.54 Å². The summed E-state index contributed by atoms with van der Waals surface area (Å²) in [6, 6.07) is 3.74. The summed E-state index contributed by atoms with van der Waals surface area (Å²) in [6.45, 7) is 1.50. The van der Waals surface area contributed by atoms with Crippen LogP contribution >= 0.6 is 11.3 Å². The minimum Gasteiger partial charge on any atom is -0.481 e. The molecule has 2 rings (SSSR count). The van der Waals surface area contributed by atoms with Crippen molar-refractivity contribution in [2.75, 3.05) is 6.54 Å². The van der Waals surface area contributed by atoms with Gasteiger partial charge in [0.25, 0.3) is 0 Å². The number of hydrogen-bond acceptors (Lipinski definition) is 6. The maximum absolute atomic E-state index is 11.6. The molecule has 9 heteroatoms. The van der Waals surface area contributed by atoms with Gasteiger partial charge in [-0.1, -0.05) is 13.0 Å². The zero-order valence-corrected chi connectivity index (χ0v) is 11.5. The van der Waals surface area contributed by atoms with Crippen molar-refractivity contribution >= 4 is 23.2 Å². The van der Waals surface area contributed by atoms with E-state index in [0.29, 0.717) is 5.82 Å². The first-order chi connectivity index (χ1) is 9.56. The third kappa shape index (κ3) is 3.60. The Kier molecular flexibility index (Phi) is 4.41. The minimum atomic E-state index is -0.954. The number of carbonyl (C=O) groups is 2. The highest BCUT2D eigenvalue weighted by Gasteiger charge is 2.13. The van der Waals surface area contributed by atoms with E-state index in [0.717, 1.165) is 4.88 Å². The molecule has 2 heterocycles. The minimum absolute atomic E-state index is 0.0701. The van der Waals surface area contributed by atoms with Crippen LogP contribution in [-0.2, 0) is 16.1 Å². The van der Waals surface area contributed by atoms with Gasteiger partial charge in [0.05, 0.1) is 10.8 Å². The van der Waals surface area contributed by atoms with Crippen molar-refractivity contribution in [3.63, 3.8) is 0 Å². The second-order valence-corrected chi connectivity index (χ2v) is 5.11. The number of carboxylic acids is 1. The van der Waals surface area contributed by atoms with E-state index < -0.39 is 11.9 Å². The Hall–Kier alpha value is -2.29. The fourth-order valence-electron chi connectivity index (χ4n) is 1.35. The number of aliphatic carboxylic acids is 1. The second kappa shape index (κ2) is 6.24. The zero-order valence-electron chi connectivity index (χ0n) is 10.7. The van der Waals surface area contributed by atoms with Crippen LogP contribution in [0.15, 0.2) is 17.5 Å². The van der Waals surface area contributed by atoms with Crippen LogP contribution in [0.25, 0.3) is 10.7 Å². The molecule has 1 amide bonds. The summed E-state index contributed by atoms with van der Waals surface area (Å²) in [5.74, 6) is -1.48. The van der Waals surface area contributed by atoms with Crippen molar-refractivity contribution in [3.8, 4) is 10.7 Å². The van der Waals surface area contributed by atoms with E-state index in [1.165, 1.54) is 23.1 Å². The summed E-state index contributed by atoms with van der Waals surface area (Å²) in [5.41, 5.74) is 0. The number of amides is 1. The Morgan fingerprint density at radius 2 is 2.35 bits per heavy atom. The highest BCUT2D eigenvalue weighted by molar-refractivity contribution is 7.13. The van der Waals surface area contributed by atoms with Gasteiger partial charge >= 0.3 is 5.97 Å². The van der Waals surface area contributed by atoms with Gasteiger partial charge in [-0.15, -0.1) is 21.5 Å². The van der Waals surface area contributed by atoms with E-state index >= 15 is 0 Å². The summed E-state index contributed by atoms with van der Waals surface area (Å²) in [7, 11) is 0. The van der Waals surface area contributed by atoms with Gasteiger partial charge in [0.1, 0.15) is 6.54 Å². The molecule has 2 aromatic rings. The van der Waals surface area contributed by atoms with Gasteiger partial charge in [-0.3, -0.25) is 9.59 Å². The van der Waals surface area contributed by atoms with Crippen LogP contribution in [0, 0.1) is 5.92 Å². The van der Waals surface area contributed by atoms with E-state index in [4.69, 9.17) is 5.11 Å². The number of nitrogens with one attached hydrogen (secondary N) is 1. The van der Waals surface area contributed by atoms with E-state index in [2.05, 4.69) is 20.7 Å². The van der Waals surface area contributed by atoms with Crippen LogP contribution in [0.2, 0.25) is 0 Å². The molecule has 2 aromatic heterocycles. The number of carbonyl (C=O) groups excluding carboxylic acids is 1. The third-order valence-electron chi connectivity index (χ3n) is 2.51. The molecule has 0 bridgehead atoms. The number of nitrogens with zero attached hydrogens (tertiary/aromatic N) is 4. The average molecular weight is 295 g/mol. The molecule has 106 valence electrons. The molecular formula is C11H13N5O3S. The topological polar surface area (TPSA) is 110 Å². The van der Waals surface area contributed by atoms with E-state index in [-0.39, 0.29) is 19.0 Å². The molecule has 0 spiro atoms. The smallest absolute Gasteiger partial charge is 0.308 e. The van der Waals surface area contributed by atoms with Gasteiger partial charge in [-0.2, -0.15) is 4.80 Å². The monoisotopic (exact) mass is 295 g/mol. The molecule has 0 fully saturated rings. The van der Waals surface area contributed by atoms with Crippen molar-refractivity contribution < 1.29 is 14.7 Å². The zero-order chi connectivity index (χ0) is 14.5. The van der Waals surface area contributed by atoms with Gasteiger partial charge in [0.15, 0.2) is 0 Å². The lowest BCUT2D eigenvalue weighted by molar-refractivity contribution is -0.141. The molecule has 20 heavy (non-hydrogen) atoms. The first-order valence-electron chi connectivity index (χ1n) is 5.87. The van der Waals surface area contributed by atoms with Crippen LogP contribution in [0.4, 0.5) is 0 Å².